The van der Waals surface area contributed by atoms with Gasteiger partial charge < -0.3 is 10.6 Å². The Kier molecular flexibility index (Phi) is 7.71. The zero-order valence-electron chi connectivity index (χ0n) is 17.4. The lowest BCUT2D eigenvalue weighted by Crippen LogP contribution is -2.36. The molecule has 2 N–H and O–H groups in total. The summed E-state index contributed by atoms with van der Waals surface area (Å²) in [5.41, 5.74) is 2.31. The van der Waals surface area contributed by atoms with Crippen molar-refractivity contribution >= 4 is 5.82 Å². The molecule has 0 aliphatic carbocycles. The van der Waals surface area contributed by atoms with Crippen LogP contribution in [0.25, 0.3) is 0 Å². The molecule has 0 spiro atoms. The zero-order valence-corrected chi connectivity index (χ0v) is 17.4. The van der Waals surface area contributed by atoms with Crippen LogP contribution in [0.3, 0.4) is 0 Å². The number of anilines is 1. The van der Waals surface area contributed by atoms with Gasteiger partial charge in [0.15, 0.2) is 0 Å². The average Bonchev–Trinajstić information content (AvgIpc) is 2.66. The van der Waals surface area contributed by atoms with Crippen LogP contribution in [-0.4, -0.2) is 23.7 Å². The molecule has 0 radical (unpaired) electrons. The first-order chi connectivity index (χ1) is 13.6. The number of piperidine rings is 1. The Bertz CT molecular complexity index is 804. The van der Waals surface area contributed by atoms with Crippen LogP contribution >= 0.6 is 0 Å². The van der Waals surface area contributed by atoms with Crippen molar-refractivity contribution < 1.29 is 13.2 Å². The molecule has 0 aromatic carbocycles. The first-order valence-electron chi connectivity index (χ1n) is 9.95. The highest BCUT2D eigenvalue weighted by Crippen LogP contribution is 2.30. The summed E-state index contributed by atoms with van der Waals surface area (Å²) < 4.78 is 38.8. The number of nitrogens with zero attached hydrogens (tertiary/aromatic N) is 1. The van der Waals surface area contributed by atoms with Crippen molar-refractivity contribution in [2.24, 2.45) is 5.92 Å². The minimum Gasteiger partial charge on any atom is -0.387 e. The van der Waals surface area contributed by atoms with Crippen molar-refractivity contribution in [1.82, 2.24) is 10.3 Å². The second-order valence-corrected chi connectivity index (χ2v) is 7.57. The van der Waals surface area contributed by atoms with Gasteiger partial charge in [-0.25, -0.2) is 4.98 Å². The van der Waals surface area contributed by atoms with E-state index in [4.69, 9.17) is 0 Å². The molecular formula is C23H30F3N3. The Labute approximate surface area is 171 Å². The van der Waals surface area contributed by atoms with Gasteiger partial charge >= 0.3 is 6.18 Å². The number of nitrogens with one attached hydrogen (secondary N) is 2. The summed E-state index contributed by atoms with van der Waals surface area (Å²) in [7, 11) is 0. The molecule has 1 atom stereocenters. The van der Waals surface area contributed by atoms with Crippen molar-refractivity contribution in [2.75, 3.05) is 11.9 Å². The Balaban J connectivity index is 2.26. The molecule has 1 aliphatic heterocycles. The highest BCUT2D eigenvalue weighted by molar-refractivity contribution is 5.47. The Hall–Kier alpha value is -2.50. The lowest BCUT2D eigenvalue weighted by molar-refractivity contribution is -0.0878. The molecule has 1 unspecified atom stereocenters. The zero-order chi connectivity index (χ0) is 21.6. The maximum atomic E-state index is 12.9. The van der Waals surface area contributed by atoms with Gasteiger partial charge in [-0.2, -0.15) is 13.2 Å². The summed E-state index contributed by atoms with van der Waals surface area (Å²) >= 11 is 0. The van der Waals surface area contributed by atoms with Crippen LogP contribution in [0.4, 0.5) is 19.0 Å². The first kappa shape index (κ1) is 22.8. The van der Waals surface area contributed by atoms with Gasteiger partial charge in [0.25, 0.3) is 0 Å². The van der Waals surface area contributed by atoms with Crippen molar-refractivity contribution in [3.8, 4) is 0 Å². The summed E-state index contributed by atoms with van der Waals surface area (Å²) in [5.74, 6) is 0.677. The fraction of sp³-hybridized carbons (Fsp3) is 0.435. The molecule has 2 rings (SSSR count). The predicted molar refractivity (Wildman–Crippen MR) is 114 cm³/mol. The molecule has 1 aromatic heterocycles. The van der Waals surface area contributed by atoms with Gasteiger partial charge in [0.1, 0.15) is 5.82 Å². The summed E-state index contributed by atoms with van der Waals surface area (Å²) in [5, 5.41) is 6.81. The maximum absolute atomic E-state index is 12.9. The van der Waals surface area contributed by atoms with Gasteiger partial charge in [0.05, 0.1) is 6.04 Å². The Morgan fingerprint density at radius 2 is 2.10 bits per heavy atom. The van der Waals surface area contributed by atoms with Crippen LogP contribution in [0.1, 0.15) is 39.2 Å². The van der Waals surface area contributed by atoms with E-state index < -0.39 is 11.7 Å². The molecular weight excluding hydrogens is 375 g/mol. The van der Waals surface area contributed by atoms with E-state index in [1.54, 1.807) is 6.20 Å². The van der Waals surface area contributed by atoms with E-state index in [1.807, 2.05) is 32.1 Å². The van der Waals surface area contributed by atoms with Gasteiger partial charge in [0, 0.05) is 24.0 Å². The number of aryl methyl sites for hydroxylation is 1. The third kappa shape index (κ3) is 6.51. The predicted octanol–water partition coefficient (Wildman–Crippen LogP) is 5.95. The molecule has 6 heteroatoms. The monoisotopic (exact) mass is 405 g/mol. The van der Waals surface area contributed by atoms with Crippen LogP contribution in [0, 0.1) is 5.92 Å². The quantitative estimate of drug-likeness (QED) is 0.551. The van der Waals surface area contributed by atoms with Crippen LogP contribution in [0.5, 0.6) is 0 Å². The van der Waals surface area contributed by atoms with Gasteiger partial charge in [-0.15, -0.1) is 0 Å². The van der Waals surface area contributed by atoms with Crippen LogP contribution in [0.2, 0.25) is 0 Å². The third-order valence-electron chi connectivity index (χ3n) is 4.95. The lowest BCUT2D eigenvalue weighted by Gasteiger charge is -2.29. The van der Waals surface area contributed by atoms with Gasteiger partial charge in [0.2, 0.25) is 0 Å². The normalized spacial score (nSPS) is 19.2. The van der Waals surface area contributed by atoms with Crippen LogP contribution in [-0.2, 0) is 6.42 Å². The van der Waals surface area contributed by atoms with E-state index in [2.05, 4.69) is 35.7 Å². The fourth-order valence-electron chi connectivity index (χ4n) is 3.24. The van der Waals surface area contributed by atoms with Crippen LogP contribution < -0.4 is 10.6 Å². The second-order valence-electron chi connectivity index (χ2n) is 7.57. The number of pyridine rings is 1. The largest absolute Gasteiger partial charge is 0.415 e. The standard InChI is InChI=1S/C23H30F3N3/c1-6-18-9-11-28-22(14-18)29-20-8-7-10-27-21(20)12-16(4)19(15(2)3)13-17(5)23(24,25)26/h9,11-15,20,27H,4-8,10H2,1-3H3,(H,28,29)/b19-13+,21-12-. The van der Waals surface area contributed by atoms with E-state index in [-0.39, 0.29) is 12.0 Å². The number of hydrogen-bond donors (Lipinski definition) is 2. The lowest BCUT2D eigenvalue weighted by atomic mass is 9.91. The Morgan fingerprint density at radius 3 is 2.72 bits per heavy atom. The van der Waals surface area contributed by atoms with E-state index in [0.717, 1.165) is 43.4 Å². The number of rotatable bonds is 7. The van der Waals surface area contributed by atoms with E-state index in [0.29, 0.717) is 11.1 Å². The molecule has 1 aliphatic rings. The molecule has 1 saturated heterocycles. The number of aromatic nitrogens is 1. The minimum absolute atomic E-state index is 0.000615. The number of alkyl halides is 3. The second kappa shape index (κ2) is 9.81. The molecule has 0 amide bonds. The third-order valence-corrected chi connectivity index (χ3v) is 4.95. The van der Waals surface area contributed by atoms with Crippen LogP contribution in [0.15, 0.2) is 66.1 Å². The fourth-order valence-corrected chi connectivity index (χ4v) is 3.24. The molecule has 3 nitrogen and oxygen atoms in total. The van der Waals surface area contributed by atoms with Gasteiger partial charge in [-0.3, -0.25) is 0 Å². The molecule has 2 heterocycles. The van der Waals surface area contributed by atoms with Crippen molar-refractivity contribution in [3.05, 3.63) is 71.6 Å². The van der Waals surface area contributed by atoms with E-state index in [9.17, 15) is 13.2 Å². The highest BCUT2D eigenvalue weighted by atomic mass is 19.4. The summed E-state index contributed by atoms with van der Waals surface area (Å²) in [6, 6.07) is 4.00. The Morgan fingerprint density at radius 1 is 1.38 bits per heavy atom. The molecule has 1 fully saturated rings. The summed E-state index contributed by atoms with van der Waals surface area (Å²) in [6.45, 7) is 13.8. The molecule has 1 aromatic rings. The maximum Gasteiger partial charge on any atom is 0.415 e. The minimum atomic E-state index is -4.45. The van der Waals surface area contributed by atoms with Crippen molar-refractivity contribution in [3.63, 3.8) is 0 Å². The van der Waals surface area contributed by atoms with Crippen molar-refractivity contribution in [1.29, 1.82) is 0 Å². The smallest absolute Gasteiger partial charge is 0.387 e. The first-order valence-corrected chi connectivity index (χ1v) is 9.95. The van der Waals surface area contributed by atoms with E-state index >= 15 is 0 Å². The molecule has 158 valence electrons. The number of halogens is 3. The van der Waals surface area contributed by atoms with Gasteiger partial charge in [-0.1, -0.05) is 33.9 Å². The van der Waals surface area contributed by atoms with E-state index in [1.165, 1.54) is 5.56 Å². The van der Waals surface area contributed by atoms with Crippen molar-refractivity contribution in [2.45, 2.75) is 52.3 Å². The summed E-state index contributed by atoms with van der Waals surface area (Å²) in [6.07, 6.45) is 3.09. The highest BCUT2D eigenvalue weighted by Gasteiger charge is 2.31. The molecule has 29 heavy (non-hydrogen) atoms. The number of hydrogen-bond acceptors (Lipinski definition) is 3. The topological polar surface area (TPSA) is 37.0 Å². The number of allylic oxidation sites excluding steroid dienone is 5. The van der Waals surface area contributed by atoms with Gasteiger partial charge in [-0.05, 0) is 66.2 Å². The molecule has 0 saturated carbocycles. The average molecular weight is 406 g/mol. The summed E-state index contributed by atoms with van der Waals surface area (Å²) in [4.78, 5) is 4.39. The molecule has 0 bridgehead atoms. The SMILES string of the molecule is C=C(/C=C1\NCCCC1Nc1cc(CC)ccn1)/C(=C/C(=C)C(F)(F)F)C(C)C.